The molecule has 1 saturated heterocycles. The van der Waals surface area contributed by atoms with Crippen LogP contribution in [0.15, 0.2) is 23.4 Å². The fourth-order valence-corrected chi connectivity index (χ4v) is 2.94. The van der Waals surface area contributed by atoms with E-state index >= 15 is 0 Å². The molecule has 0 radical (unpaired) electrons. The number of nitrogens with zero attached hydrogens (tertiary/aromatic N) is 2. The molecule has 22 heavy (non-hydrogen) atoms. The van der Waals surface area contributed by atoms with Gasteiger partial charge in [-0.3, -0.25) is 9.59 Å². The first-order chi connectivity index (χ1) is 10.5. The van der Waals surface area contributed by atoms with Gasteiger partial charge in [0.05, 0.1) is 17.3 Å². The molecule has 0 aromatic heterocycles. The second kappa shape index (κ2) is 6.14. The first kappa shape index (κ1) is 15.1. The highest BCUT2D eigenvalue weighted by Crippen LogP contribution is 2.26. The fourth-order valence-electron chi connectivity index (χ4n) is 2.42. The third-order valence-corrected chi connectivity index (χ3v) is 4.08. The summed E-state index contributed by atoms with van der Waals surface area (Å²) in [5, 5.41) is 7.61. The maximum absolute atomic E-state index is 12.4. The lowest BCUT2D eigenvalue weighted by Gasteiger charge is -2.27. The Morgan fingerprint density at radius 3 is 2.95 bits per heavy atom. The van der Waals surface area contributed by atoms with E-state index in [4.69, 9.17) is 28.0 Å². The zero-order valence-corrected chi connectivity index (χ0v) is 13.0. The van der Waals surface area contributed by atoms with Crippen molar-refractivity contribution >= 4 is 40.7 Å². The van der Waals surface area contributed by atoms with Crippen LogP contribution in [0.4, 0.5) is 0 Å². The Hall–Kier alpha value is -1.79. The molecule has 0 spiro atoms. The van der Waals surface area contributed by atoms with Crippen LogP contribution in [0.3, 0.4) is 0 Å². The fraction of sp³-hybridized carbons (Fsp3) is 0.357. The van der Waals surface area contributed by atoms with Crippen LogP contribution < -0.4 is 5.32 Å². The lowest BCUT2D eigenvalue weighted by Crippen LogP contribution is -2.52. The summed E-state index contributed by atoms with van der Waals surface area (Å²) in [6.45, 7) is 0.977. The van der Waals surface area contributed by atoms with Crippen LogP contribution >= 0.6 is 23.2 Å². The smallest absolute Gasteiger partial charge is 0.267 e. The Labute approximate surface area is 137 Å². The Kier molecular flexibility index (Phi) is 4.22. The van der Waals surface area contributed by atoms with E-state index in [1.165, 1.54) is 4.90 Å². The average molecular weight is 342 g/mol. The van der Waals surface area contributed by atoms with Crippen molar-refractivity contribution in [3.63, 3.8) is 0 Å². The molecule has 2 amide bonds. The van der Waals surface area contributed by atoms with Gasteiger partial charge in [0.15, 0.2) is 0 Å². The van der Waals surface area contributed by atoms with Gasteiger partial charge in [-0.25, -0.2) is 0 Å². The molecule has 1 aromatic carbocycles. The molecule has 1 aromatic rings. The minimum atomic E-state index is -0.715. The maximum Gasteiger partial charge on any atom is 0.267 e. The SMILES string of the molecule is O=C1CN(C(=O)[C@H]2CC(c3ccc(Cl)cc3Cl)=NO2)CCN1. The number of hydrogen-bond donors (Lipinski definition) is 1. The summed E-state index contributed by atoms with van der Waals surface area (Å²) in [7, 11) is 0. The molecule has 8 heteroatoms. The van der Waals surface area contributed by atoms with Gasteiger partial charge in [0.25, 0.3) is 5.91 Å². The van der Waals surface area contributed by atoms with E-state index in [1.807, 2.05) is 0 Å². The predicted octanol–water partition coefficient (Wildman–Crippen LogP) is 1.44. The zero-order valence-electron chi connectivity index (χ0n) is 11.5. The van der Waals surface area contributed by atoms with Crippen molar-refractivity contribution in [3.8, 4) is 0 Å². The standard InChI is InChI=1S/C14H13Cl2N3O3/c15-8-1-2-9(10(16)5-8)11-6-12(22-18-11)14(21)19-4-3-17-13(20)7-19/h1-2,5,12H,3-4,6-7H2,(H,17,20)/t12-/m1/s1. The second-order valence-electron chi connectivity index (χ2n) is 5.07. The van der Waals surface area contributed by atoms with Gasteiger partial charge in [-0.15, -0.1) is 0 Å². The van der Waals surface area contributed by atoms with Gasteiger partial charge in [0, 0.05) is 30.1 Å². The molecule has 0 aliphatic carbocycles. The molecule has 2 heterocycles. The van der Waals surface area contributed by atoms with Crippen LogP contribution in [0.5, 0.6) is 0 Å². The van der Waals surface area contributed by atoms with E-state index in [9.17, 15) is 9.59 Å². The van der Waals surface area contributed by atoms with Gasteiger partial charge in [-0.05, 0) is 12.1 Å². The summed E-state index contributed by atoms with van der Waals surface area (Å²) in [4.78, 5) is 30.4. The van der Waals surface area contributed by atoms with Gasteiger partial charge < -0.3 is 15.1 Å². The third kappa shape index (κ3) is 3.03. The normalized spacial score (nSPS) is 21.2. The van der Waals surface area contributed by atoms with Gasteiger partial charge >= 0.3 is 0 Å². The Bertz CT molecular complexity index is 663. The highest BCUT2D eigenvalue weighted by atomic mass is 35.5. The van der Waals surface area contributed by atoms with Crippen molar-refractivity contribution in [2.24, 2.45) is 5.16 Å². The van der Waals surface area contributed by atoms with E-state index in [0.29, 0.717) is 40.8 Å². The maximum atomic E-state index is 12.4. The summed E-state index contributed by atoms with van der Waals surface area (Å²) in [5.41, 5.74) is 1.29. The summed E-state index contributed by atoms with van der Waals surface area (Å²) in [6.07, 6.45) is -0.397. The molecule has 116 valence electrons. The monoisotopic (exact) mass is 341 g/mol. The molecule has 0 saturated carbocycles. The van der Waals surface area contributed by atoms with Crippen LogP contribution in [0.25, 0.3) is 0 Å². The Balaban J connectivity index is 1.68. The van der Waals surface area contributed by atoms with E-state index in [2.05, 4.69) is 10.5 Å². The molecule has 0 bridgehead atoms. The topological polar surface area (TPSA) is 71.0 Å². The van der Waals surface area contributed by atoms with E-state index in [-0.39, 0.29) is 18.4 Å². The second-order valence-corrected chi connectivity index (χ2v) is 5.91. The first-order valence-corrected chi connectivity index (χ1v) is 7.54. The van der Waals surface area contributed by atoms with E-state index in [1.54, 1.807) is 18.2 Å². The summed E-state index contributed by atoms with van der Waals surface area (Å²) in [5.74, 6) is -0.404. The summed E-state index contributed by atoms with van der Waals surface area (Å²) in [6, 6.07) is 5.06. The van der Waals surface area contributed by atoms with E-state index < -0.39 is 6.10 Å². The van der Waals surface area contributed by atoms with Crippen molar-refractivity contribution < 1.29 is 14.4 Å². The number of hydrogen-bond acceptors (Lipinski definition) is 4. The number of piperazine rings is 1. The molecule has 2 aliphatic rings. The number of rotatable bonds is 2. The lowest BCUT2D eigenvalue weighted by molar-refractivity contribution is -0.146. The lowest BCUT2D eigenvalue weighted by atomic mass is 10.0. The number of amides is 2. The number of benzene rings is 1. The van der Waals surface area contributed by atoms with Crippen molar-refractivity contribution in [2.75, 3.05) is 19.6 Å². The number of nitrogens with one attached hydrogen (secondary N) is 1. The molecule has 6 nitrogen and oxygen atoms in total. The molecule has 1 fully saturated rings. The molecule has 3 rings (SSSR count). The largest absolute Gasteiger partial charge is 0.382 e. The summed E-state index contributed by atoms with van der Waals surface area (Å²) >= 11 is 12.0. The van der Waals surface area contributed by atoms with Crippen LogP contribution in [-0.4, -0.2) is 48.2 Å². The van der Waals surface area contributed by atoms with E-state index in [0.717, 1.165) is 0 Å². The first-order valence-electron chi connectivity index (χ1n) is 6.78. The van der Waals surface area contributed by atoms with Crippen molar-refractivity contribution in [3.05, 3.63) is 33.8 Å². The van der Waals surface area contributed by atoms with Crippen LogP contribution in [0.2, 0.25) is 10.0 Å². The molecule has 2 aliphatic heterocycles. The molecule has 1 atom stereocenters. The zero-order chi connectivity index (χ0) is 15.7. The van der Waals surface area contributed by atoms with Crippen LogP contribution in [0, 0.1) is 0 Å². The third-order valence-electron chi connectivity index (χ3n) is 3.54. The molecular weight excluding hydrogens is 329 g/mol. The van der Waals surface area contributed by atoms with Crippen molar-refractivity contribution in [2.45, 2.75) is 12.5 Å². The quantitative estimate of drug-likeness (QED) is 0.884. The molecular formula is C14H13Cl2N3O3. The highest BCUT2D eigenvalue weighted by Gasteiger charge is 2.34. The molecule has 0 unspecified atom stereocenters. The van der Waals surface area contributed by atoms with Crippen molar-refractivity contribution in [1.82, 2.24) is 10.2 Å². The predicted molar refractivity (Wildman–Crippen MR) is 82.1 cm³/mol. The number of oxime groups is 1. The minimum Gasteiger partial charge on any atom is -0.382 e. The average Bonchev–Trinajstić information content (AvgIpc) is 2.96. The highest BCUT2D eigenvalue weighted by molar-refractivity contribution is 6.37. The van der Waals surface area contributed by atoms with Crippen LogP contribution in [0.1, 0.15) is 12.0 Å². The van der Waals surface area contributed by atoms with Gasteiger partial charge in [0.2, 0.25) is 12.0 Å². The minimum absolute atomic E-state index is 0.0513. The molecule has 1 N–H and O–H groups in total. The van der Waals surface area contributed by atoms with Crippen LogP contribution in [-0.2, 0) is 14.4 Å². The Morgan fingerprint density at radius 1 is 1.41 bits per heavy atom. The summed E-state index contributed by atoms with van der Waals surface area (Å²) < 4.78 is 0. The number of carbonyl (C=O) groups excluding carboxylic acids is 2. The van der Waals surface area contributed by atoms with Gasteiger partial charge in [-0.1, -0.05) is 34.4 Å². The number of carbonyl (C=O) groups is 2. The number of halogens is 2. The Morgan fingerprint density at radius 2 is 2.23 bits per heavy atom. The van der Waals surface area contributed by atoms with Gasteiger partial charge in [0.1, 0.15) is 0 Å². The van der Waals surface area contributed by atoms with Crippen molar-refractivity contribution in [1.29, 1.82) is 0 Å². The van der Waals surface area contributed by atoms with Gasteiger partial charge in [-0.2, -0.15) is 0 Å².